The highest BCUT2D eigenvalue weighted by Gasteiger charge is 2.35. The van der Waals surface area contributed by atoms with E-state index in [9.17, 15) is 13.2 Å². The predicted molar refractivity (Wildman–Crippen MR) is 71.7 cm³/mol. The van der Waals surface area contributed by atoms with E-state index in [1.54, 1.807) is 6.92 Å². The molecule has 1 unspecified atom stereocenters. The van der Waals surface area contributed by atoms with Gasteiger partial charge in [-0.1, -0.05) is 20.8 Å². The van der Waals surface area contributed by atoms with Crippen LogP contribution in [0.25, 0.3) is 0 Å². The fourth-order valence-electron chi connectivity index (χ4n) is 2.76. The Balaban J connectivity index is 2.46. The van der Waals surface area contributed by atoms with Gasteiger partial charge in [0.25, 0.3) is 0 Å². The van der Waals surface area contributed by atoms with Gasteiger partial charge in [-0.2, -0.15) is 13.2 Å². The van der Waals surface area contributed by atoms with Crippen molar-refractivity contribution in [2.75, 3.05) is 6.54 Å². The average Bonchev–Trinajstić information content (AvgIpc) is 2.65. The lowest BCUT2D eigenvalue weighted by molar-refractivity contribution is -0.142. The van der Waals surface area contributed by atoms with Crippen LogP contribution >= 0.6 is 0 Å². The molecule has 1 N–H and O–H groups in total. The molecule has 0 bridgehead atoms. The Morgan fingerprint density at radius 2 is 1.95 bits per heavy atom. The van der Waals surface area contributed by atoms with Crippen LogP contribution < -0.4 is 5.32 Å². The van der Waals surface area contributed by atoms with E-state index in [1.165, 1.54) is 0 Å². The Bertz CT molecular complexity index is 483. The first-order valence-electron chi connectivity index (χ1n) is 6.97. The number of hydrogen-bond donors (Lipinski definition) is 1. The summed E-state index contributed by atoms with van der Waals surface area (Å²) in [4.78, 5) is 4.61. The maximum absolute atomic E-state index is 12.7. The molecule has 3 nitrogen and oxygen atoms in total. The molecule has 1 aliphatic rings. The van der Waals surface area contributed by atoms with Gasteiger partial charge in [0.15, 0.2) is 0 Å². The molecule has 2 rings (SSSR count). The number of halogens is 3. The molecule has 2 heterocycles. The van der Waals surface area contributed by atoms with Gasteiger partial charge in [0.2, 0.25) is 0 Å². The third kappa shape index (κ3) is 3.16. The first-order chi connectivity index (χ1) is 9.09. The monoisotopic (exact) mass is 289 g/mol. The second-order valence-corrected chi connectivity index (χ2v) is 6.54. The molecule has 0 radical (unpaired) electrons. The van der Waals surface area contributed by atoms with Crippen LogP contribution in [0.1, 0.15) is 57.4 Å². The van der Waals surface area contributed by atoms with Crippen molar-refractivity contribution in [2.45, 2.75) is 64.7 Å². The van der Waals surface area contributed by atoms with Crippen LogP contribution in [0.4, 0.5) is 13.2 Å². The summed E-state index contributed by atoms with van der Waals surface area (Å²) in [6.07, 6.45) is -4.23. The molecule has 1 aromatic heterocycles. The summed E-state index contributed by atoms with van der Waals surface area (Å²) in [5, 5.41) is 3.22. The lowest BCUT2D eigenvalue weighted by Gasteiger charge is -2.27. The van der Waals surface area contributed by atoms with E-state index in [0.29, 0.717) is 6.54 Å². The minimum atomic E-state index is -4.15. The van der Waals surface area contributed by atoms with Gasteiger partial charge in [0.05, 0.1) is 12.1 Å². The summed E-state index contributed by atoms with van der Waals surface area (Å²) in [5.41, 5.74) is 1.60. The van der Waals surface area contributed by atoms with Crippen molar-refractivity contribution >= 4 is 0 Å². The van der Waals surface area contributed by atoms with E-state index in [2.05, 4.69) is 10.3 Å². The van der Waals surface area contributed by atoms with Crippen LogP contribution in [0.15, 0.2) is 0 Å². The third-order valence-corrected chi connectivity index (χ3v) is 3.56. The number of fused-ring (bicyclic) bond motifs is 1. The van der Waals surface area contributed by atoms with Crippen molar-refractivity contribution < 1.29 is 13.2 Å². The number of nitrogens with one attached hydrogen (secondary N) is 1. The Morgan fingerprint density at radius 1 is 1.30 bits per heavy atom. The highest BCUT2D eigenvalue weighted by molar-refractivity contribution is 5.24. The molecule has 114 valence electrons. The second-order valence-electron chi connectivity index (χ2n) is 6.54. The molecule has 1 aromatic rings. The van der Waals surface area contributed by atoms with Gasteiger partial charge in [0, 0.05) is 36.7 Å². The smallest absolute Gasteiger partial charge is 0.328 e. The van der Waals surface area contributed by atoms with Gasteiger partial charge >= 0.3 is 6.18 Å². The van der Waals surface area contributed by atoms with Gasteiger partial charge < -0.3 is 9.88 Å². The molecule has 0 fully saturated rings. The number of imidazole rings is 1. The van der Waals surface area contributed by atoms with Crippen molar-refractivity contribution in [3.8, 4) is 0 Å². The van der Waals surface area contributed by atoms with Crippen molar-refractivity contribution in [1.29, 1.82) is 0 Å². The lowest BCUT2D eigenvalue weighted by Crippen LogP contribution is -2.28. The third-order valence-electron chi connectivity index (χ3n) is 3.56. The van der Waals surface area contributed by atoms with E-state index >= 15 is 0 Å². The fourth-order valence-corrected chi connectivity index (χ4v) is 2.76. The van der Waals surface area contributed by atoms with Gasteiger partial charge in [-0.15, -0.1) is 0 Å². The van der Waals surface area contributed by atoms with E-state index in [1.807, 2.05) is 25.3 Å². The first kappa shape index (κ1) is 15.4. The maximum atomic E-state index is 12.7. The molecule has 1 aliphatic heterocycles. The highest BCUT2D eigenvalue weighted by atomic mass is 19.4. The molecular formula is C14H22F3N3. The van der Waals surface area contributed by atoms with Crippen LogP contribution in [0.3, 0.4) is 0 Å². The Kier molecular flexibility index (Phi) is 3.88. The molecule has 0 spiro atoms. The molecule has 0 aromatic carbocycles. The van der Waals surface area contributed by atoms with Crippen molar-refractivity contribution in [2.24, 2.45) is 0 Å². The molecule has 6 heteroatoms. The number of hydrogen-bond acceptors (Lipinski definition) is 2. The maximum Gasteiger partial charge on any atom is 0.391 e. The average molecular weight is 289 g/mol. The highest BCUT2D eigenvalue weighted by Crippen LogP contribution is 2.34. The summed E-state index contributed by atoms with van der Waals surface area (Å²) in [7, 11) is 0. The molecule has 0 amide bonds. The minimum Gasteiger partial charge on any atom is -0.328 e. The normalized spacial score (nSPS) is 17.9. The summed E-state index contributed by atoms with van der Waals surface area (Å²) in [5.74, 6) is 0.753. The van der Waals surface area contributed by atoms with Gasteiger partial charge in [-0.25, -0.2) is 4.98 Å². The number of aromatic nitrogens is 2. The van der Waals surface area contributed by atoms with E-state index < -0.39 is 18.6 Å². The Hall–Kier alpha value is -1.04. The first-order valence-corrected chi connectivity index (χ1v) is 6.97. The molecule has 0 saturated heterocycles. The van der Waals surface area contributed by atoms with E-state index in [4.69, 9.17) is 0 Å². The number of nitrogens with zero attached hydrogens (tertiary/aromatic N) is 2. The predicted octanol–water partition coefficient (Wildman–Crippen LogP) is 3.34. The van der Waals surface area contributed by atoms with Crippen molar-refractivity contribution in [3.05, 3.63) is 17.2 Å². The van der Waals surface area contributed by atoms with E-state index in [0.717, 1.165) is 30.2 Å². The Morgan fingerprint density at radius 3 is 2.50 bits per heavy atom. The van der Waals surface area contributed by atoms with Crippen LogP contribution in [-0.2, 0) is 18.4 Å². The largest absolute Gasteiger partial charge is 0.391 e. The van der Waals surface area contributed by atoms with Crippen molar-refractivity contribution in [3.63, 3.8) is 0 Å². The fraction of sp³-hybridized carbons (Fsp3) is 0.786. The van der Waals surface area contributed by atoms with Crippen LogP contribution in [-0.4, -0.2) is 22.3 Å². The van der Waals surface area contributed by atoms with E-state index in [-0.39, 0.29) is 5.41 Å². The zero-order valence-electron chi connectivity index (χ0n) is 12.4. The summed E-state index contributed by atoms with van der Waals surface area (Å²) in [6.45, 7) is 9.04. The molecule has 0 saturated carbocycles. The van der Waals surface area contributed by atoms with Crippen LogP contribution in [0, 0.1) is 0 Å². The SMILES string of the molecule is CC(CC(F)(F)F)n1c(C(C)(C)C)nc2c1CCNC2. The van der Waals surface area contributed by atoms with Gasteiger partial charge in [-0.05, 0) is 6.92 Å². The summed E-state index contributed by atoms with van der Waals surface area (Å²) < 4.78 is 40.0. The zero-order chi connectivity index (χ0) is 15.1. The van der Waals surface area contributed by atoms with Crippen molar-refractivity contribution in [1.82, 2.24) is 14.9 Å². The molecule has 0 aliphatic carbocycles. The van der Waals surface area contributed by atoms with Crippen LogP contribution in [0.2, 0.25) is 0 Å². The topological polar surface area (TPSA) is 29.9 Å². The quantitative estimate of drug-likeness (QED) is 0.905. The molecule has 20 heavy (non-hydrogen) atoms. The standard InChI is InChI=1S/C14H22F3N3/c1-9(7-14(15,16)17)20-11-5-6-18-8-10(11)19-12(20)13(2,3)4/h9,18H,5-8H2,1-4H3. The minimum absolute atomic E-state index is 0.267. The summed E-state index contributed by atoms with van der Waals surface area (Å²) in [6, 6.07) is -0.612. The number of rotatable bonds is 2. The van der Waals surface area contributed by atoms with Crippen LogP contribution in [0.5, 0.6) is 0 Å². The van der Waals surface area contributed by atoms with Gasteiger partial charge in [0.1, 0.15) is 5.82 Å². The lowest BCUT2D eigenvalue weighted by atomic mass is 9.95. The van der Waals surface area contributed by atoms with Gasteiger partial charge in [-0.3, -0.25) is 0 Å². The zero-order valence-corrected chi connectivity index (χ0v) is 12.4. The number of alkyl halides is 3. The Labute approximate surface area is 117 Å². The molecular weight excluding hydrogens is 267 g/mol. The molecule has 1 atom stereocenters. The summed E-state index contributed by atoms with van der Waals surface area (Å²) >= 11 is 0. The second kappa shape index (κ2) is 5.06.